The summed E-state index contributed by atoms with van der Waals surface area (Å²) in [5, 5.41) is 6.63. The Hall–Kier alpha value is -3.91. The van der Waals surface area contributed by atoms with Crippen LogP contribution in [0, 0.1) is 6.92 Å². The van der Waals surface area contributed by atoms with Gasteiger partial charge in [0.15, 0.2) is 5.15 Å². The number of halogens is 1. The Morgan fingerprint density at radius 2 is 1.75 bits per heavy atom. The highest BCUT2D eigenvalue weighted by Gasteiger charge is 2.20. The fraction of sp³-hybridized carbons (Fsp3) is 0.130. The van der Waals surface area contributed by atoms with Crippen LogP contribution in [0.15, 0.2) is 61.1 Å². The standard InChI is InChI=1S/C23H21ClN6O2/c1-13-2-4-14(5-3-13)18(30-23(32)17-8-9-26-20(24)19(17)25)12-29-22(31)16-7-11-28-21-15(16)6-10-27-21/h2-11,18H,12,25H2,1H3,(H,27,28)(H,29,31)(H,30,32). The maximum Gasteiger partial charge on any atom is 0.254 e. The Bertz CT molecular complexity index is 1290. The van der Waals surface area contributed by atoms with E-state index in [1.807, 2.05) is 31.2 Å². The minimum absolute atomic E-state index is 0.0612. The third-order valence-corrected chi connectivity index (χ3v) is 5.44. The molecule has 2 amide bonds. The molecule has 1 atom stereocenters. The lowest BCUT2D eigenvalue weighted by atomic mass is 10.0. The number of hydrogen-bond donors (Lipinski definition) is 4. The zero-order chi connectivity index (χ0) is 22.7. The van der Waals surface area contributed by atoms with Crippen LogP contribution in [-0.4, -0.2) is 33.3 Å². The van der Waals surface area contributed by atoms with Crippen molar-refractivity contribution in [1.82, 2.24) is 25.6 Å². The van der Waals surface area contributed by atoms with Crippen LogP contribution in [0.2, 0.25) is 5.15 Å². The van der Waals surface area contributed by atoms with Crippen LogP contribution in [0.4, 0.5) is 5.69 Å². The van der Waals surface area contributed by atoms with Crippen molar-refractivity contribution in [2.24, 2.45) is 0 Å². The number of amides is 2. The predicted molar refractivity (Wildman–Crippen MR) is 123 cm³/mol. The number of rotatable bonds is 6. The van der Waals surface area contributed by atoms with Crippen LogP contribution in [0.25, 0.3) is 11.0 Å². The minimum atomic E-state index is -0.498. The van der Waals surface area contributed by atoms with Crippen molar-refractivity contribution >= 4 is 40.1 Å². The lowest BCUT2D eigenvalue weighted by Gasteiger charge is -2.21. The number of nitrogens with zero attached hydrogens (tertiary/aromatic N) is 2. The number of carbonyl (C=O) groups excluding carboxylic acids is 2. The van der Waals surface area contributed by atoms with Crippen molar-refractivity contribution in [3.8, 4) is 0 Å². The molecule has 0 aliphatic rings. The van der Waals surface area contributed by atoms with Gasteiger partial charge >= 0.3 is 0 Å². The van der Waals surface area contributed by atoms with Gasteiger partial charge in [0.1, 0.15) is 5.65 Å². The number of nitrogen functional groups attached to an aromatic ring is 1. The molecule has 0 spiro atoms. The molecule has 4 rings (SSSR count). The second-order valence-corrected chi connectivity index (χ2v) is 7.67. The van der Waals surface area contributed by atoms with Gasteiger partial charge in [-0.3, -0.25) is 9.59 Å². The number of fused-ring (bicyclic) bond motifs is 1. The zero-order valence-corrected chi connectivity index (χ0v) is 18.0. The molecule has 5 N–H and O–H groups in total. The van der Waals surface area contributed by atoms with Gasteiger partial charge in [0.25, 0.3) is 11.8 Å². The Morgan fingerprint density at radius 3 is 2.53 bits per heavy atom. The number of hydrogen-bond acceptors (Lipinski definition) is 5. The third-order valence-electron chi connectivity index (χ3n) is 5.14. The highest BCUT2D eigenvalue weighted by molar-refractivity contribution is 6.32. The van der Waals surface area contributed by atoms with Gasteiger partial charge in [-0.15, -0.1) is 0 Å². The van der Waals surface area contributed by atoms with Crippen LogP contribution < -0.4 is 16.4 Å². The number of nitrogens with two attached hydrogens (primary N) is 1. The predicted octanol–water partition coefficient (Wildman–Crippen LogP) is 3.40. The van der Waals surface area contributed by atoms with Gasteiger partial charge < -0.3 is 21.4 Å². The number of anilines is 1. The Labute approximate surface area is 189 Å². The number of aromatic amines is 1. The molecule has 0 aliphatic carbocycles. The van der Waals surface area contributed by atoms with E-state index in [1.54, 1.807) is 24.5 Å². The monoisotopic (exact) mass is 448 g/mol. The molecule has 32 heavy (non-hydrogen) atoms. The summed E-state index contributed by atoms with van der Waals surface area (Å²) in [5.74, 6) is -0.682. The summed E-state index contributed by atoms with van der Waals surface area (Å²) >= 11 is 5.96. The number of benzene rings is 1. The fourth-order valence-electron chi connectivity index (χ4n) is 3.38. The fourth-order valence-corrected chi connectivity index (χ4v) is 3.54. The zero-order valence-electron chi connectivity index (χ0n) is 17.2. The van der Waals surface area contributed by atoms with Crippen molar-refractivity contribution in [1.29, 1.82) is 0 Å². The number of carbonyl (C=O) groups is 2. The molecule has 3 heterocycles. The average molecular weight is 449 g/mol. The largest absolute Gasteiger partial charge is 0.396 e. The van der Waals surface area contributed by atoms with Crippen LogP contribution >= 0.6 is 11.6 Å². The van der Waals surface area contributed by atoms with Crippen molar-refractivity contribution in [3.05, 3.63) is 88.5 Å². The van der Waals surface area contributed by atoms with Gasteiger partial charge in [0.2, 0.25) is 0 Å². The first-order chi connectivity index (χ1) is 15.4. The number of H-pyrrole nitrogens is 1. The van der Waals surface area contributed by atoms with E-state index in [0.29, 0.717) is 11.2 Å². The van der Waals surface area contributed by atoms with Gasteiger partial charge in [0.05, 0.1) is 22.9 Å². The van der Waals surface area contributed by atoms with Crippen molar-refractivity contribution in [2.75, 3.05) is 12.3 Å². The maximum atomic E-state index is 12.9. The van der Waals surface area contributed by atoms with Gasteiger partial charge in [-0.2, -0.15) is 0 Å². The summed E-state index contributed by atoms with van der Waals surface area (Å²) in [6, 6.07) is 12.2. The summed E-state index contributed by atoms with van der Waals surface area (Å²) in [7, 11) is 0. The average Bonchev–Trinajstić information content (AvgIpc) is 3.27. The summed E-state index contributed by atoms with van der Waals surface area (Å²) in [6.45, 7) is 2.14. The lowest BCUT2D eigenvalue weighted by molar-refractivity contribution is 0.0909. The van der Waals surface area contributed by atoms with Gasteiger partial charge in [-0.05, 0) is 30.7 Å². The molecule has 8 nitrogen and oxygen atoms in total. The summed E-state index contributed by atoms with van der Waals surface area (Å²) in [5.41, 5.74) is 9.29. The highest BCUT2D eigenvalue weighted by Crippen LogP contribution is 2.22. The molecule has 0 saturated heterocycles. The van der Waals surface area contributed by atoms with E-state index < -0.39 is 11.9 Å². The Morgan fingerprint density at radius 1 is 1.03 bits per heavy atom. The molecule has 9 heteroatoms. The van der Waals surface area contributed by atoms with E-state index >= 15 is 0 Å². The van der Waals surface area contributed by atoms with E-state index in [-0.39, 0.29) is 28.9 Å². The molecule has 0 aliphatic heterocycles. The molecule has 162 valence electrons. The summed E-state index contributed by atoms with van der Waals surface area (Å²) in [6.07, 6.45) is 4.72. The van der Waals surface area contributed by atoms with E-state index in [1.165, 1.54) is 12.3 Å². The Balaban J connectivity index is 1.56. The van der Waals surface area contributed by atoms with Crippen LogP contribution in [-0.2, 0) is 0 Å². The molecule has 1 aromatic carbocycles. The van der Waals surface area contributed by atoms with Gasteiger partial charge in [0, 0.05) is 30.5 Å². The summed E-state index contributed by atoms with van der Waals surface area (Å²) in [4.78, 5) is 36.9. The number of aryl methyl sites for hydroxylation is 1. The van der Waals surface area contributed by atoms with E-state index in [9.17, 15) is 9.59 Å². The molecule has 4 aromatic rings. The van der Waals surface area contributed by atoms with E-state index in [4.69, 9.17) is 17.3 Å². The van der Waals surface area contributed by atoms with Crippen molar-refractivity contribution < 1.29 is 9.59 Å². The molecule has 0 bridgehead atoms. The molecular formula is C23H21ClN6O2. The van der Waals surface area contributed by atoms with Gasteiger partial charge in [-0.1, -0.05) is 41.4 Å². The first-order valence-electron chi connectivity index (χ1n) is 9.91. The van der Waals surface area contributed by atoms with Crippen molar-refractivity contribution in [2.45, 2.75) is 13.0 Å². The number of aromatic nitrogens is 3. The smallest absolute Gasteiger partial charge is 0.254 e. The Kier molecular flexibility index (Phi) is 6.04. The molecule has 0 radical (unpaired) electrons. The molecular weight excluding hydrogens is 428 g/mol. The normalized spacial score (nSPS) is 11.8. The second-order valence-electron chi connectivity index (χ2n) is 7.31. The van der Waals surface area contributed by atoms with E-state index in [0.717, 1.165) is 16.5 Å². The SMILES string of the molecule is Cc1ccc(C(CNC(=O)c2ccnc3[nH]ccc23)NC(=O)c2ccnc(Cl)c2N)cc1. The maximum absolute atomic E-state index is 12.9. The summed E-state index contributed by atoms with van der Waals surface area (Å²) < 4.78 is 0. The van der Waals surface area contributed by atoms with Crippen LogP contribution in [0.1, 0.15) is 37.9 Å². The van der Waals surface area contributed by atoms with Crippen LogP contribution in [0.5, 0.6) is 0 Å². The van der Waals surface area contributed by atoms with E-state index in [2.05, 4.69) is 25.6 Å². The quantitative estimate of drug-likeness (QED) is 0.336. The number of pyridine rings is 2. The molecule has 3 aromatic heterocycles. The first kappa shape index (κ1) is 21.3. The topological polar surface area (TPSA) is 126 Å². The third kappa shape index (κ3) is 4.40. The molecule has 0 fully saturated rings. The number of nitrogens with one attached hydrogen (secondary N) is 3. The van der Waals surface area contributed by atoms with Crippen molar-refractivity contribution in [3.63, 3.8) is 0 Å². The second kappa shape index (κ2) is 9.07. The molecule has 1 unspecified atom stereocenters. The first-order valence-corrected chi connectivity index (χ1v) is 10.3. The van der Waals surface area contributed by atoms with Crippen LogP contribution in [0.3, 0.4) is 0 Å². The van der Waals surface area contributed by atoms with Gasteiger partial charge in [-0.25, -0.2) is 9.97 Å². The minimum Gasteiger partial charge on any atom is -0.396 e. The highest BCUT2D eigenvalue weighted by atomic mass is 35.5. The lowest BCUT2D eigenvalue weighted by Crippen LogP contribution is -2.38. The molecule has 0 saturated carbocycles.